The molecule has 1 aliphatic rings. The van der Waals surface area contributed by atoms with Crippen LogP contribution in [0.1, 0.15) is 65.6 Å². The Balaban J connectivity index is 1.86. The molecule has 1 unspecified atom stereocenters. The van der Waals surface area contributed by atoms with E-state index in [4.69, 9.17) is 10.5 Å². The fourth-order valence-corrected chi connectivity index (χ4v) is 4.79. The number of H-pyrrole nitrogens is 1. The highest BCUT2D eigenvalue weighted by Gasteiger charge is 2.44. The molecule has 36 heavy (non-hydrogen) atoms. The number of tetrazole rings is 1. The number of nitrogens with one attached hydrogen (secondary N) is 3. The molecule has 0 spiro atoms. The Hall–Kier alpha value is -4.28. The summed E-state index contributed by atoms with van der Waals surface area (Å²) in [6.45, 7) is 5.64. The molecule has 2 aromatic carbocycles. The van der Waals surface area contributed by atoms with Gasteiger partial charge in [-0.15, -0.1) is 10.2 Å². The van der Waals surface area contributed by atoms with E-state index in [2.05, 4.69) is 31.3 Å². The number of alkyl carbamates (subject to hydrolysis) is 1. The quantitative estimate of drug-likeness (QED) is 0.368. The standard InChI is InChI=1S/C25H29N7O4/c1-24(2,3)36-23(35)27-11-10-25(22-29-31-32-30-22)19-8-6-17(21(26)34)12-15(19)4-5-16-13-18(28-14-33)7-9-20(16)25/h6-9,12-14H,4-5,10-11H2,1-3H3,(H2,26,34)(H,27,35)(H,28,33)(H,29,30,31,32). The van der Waals surface area contributed by atoms with E-state index in [1.54, 1.807) is 32.9 Å². The number of carbonyl (C=O) groups excluding carboxylic acids is 3. The Labute approximate surface area is 208 Å². The van der Waals surface area contributed by atoms with E-state index in [1.807, 2.05) is 24.3 Å². The lowest BCUT2D eigenvalue weighted by molar-refractivity contribution is -0.105. The van der Waals surface area contributed by atoms with E-state index in [1.165, 1.54) is 0 Å². The number of amides is 3. The van der Waals surface area contributed by atoms with Gasteiger partial charge >= 0.3 is 6.09 Å². The van der Waals surface area contributed by atoms with Gasteiger partial charge in [-0.1, -0.05) is 17.3 Å². The largest absolute Gasteiger partial charge is 0.444 e. The number of nitrogens with zero attached hydrogens (tertiary/aromatic N) is 3. The van der Waals surface area contributed by atoms with Gasteiger partial charge in [-0.3, -0.25) is 9.59 Å². The highest BCUT2D eigenvalue weighted by atomic mass is 16.6. The lowest BCUT2D eigenvalue weighted by Gasteiger charge is -2.34. The number of nitrogens with two attached hydrogens (primary N) is 1. The summed E-state index contributed by atoms with van der Waals surface area (Å²) < 4.78 is 5.41. The molecule has 1 heterocycles. The van der Waals surface area contributed by atoms with Gasteiger partial charge in [0.1, 0.15) is 5.60 Å². The first kappa shape index (κ1) is 24.8. The Morgan fingerprint density at radius 3 is 2.44 bits per heavy atom. The molecule has 0 bridgehead atoms. The second-order valence-corrected chi connectivity index (χ2v) is 9.69. The normalized spacial score (nSPS) is 16.8. The van der Waals surface area contributed by atoms with E-state index < -0.39 is 23.0 Å². The number of carbonyl (C=O) groups is 3. The van der Waals surface area contributed by atoms with Crippen molar-refractivity contribution in [2.24, 2.45) is 5.73 Å². The van der Waals surface area contributed by atoms with Crippen molar-refractivity contribution in [3.05, 3.63) is 70.0 Å². The summed E-state index contributed by atoms with van der Waals surface area (Å²) in [5.74, 6) is -0.102. The minimum Gasteiger partial charge on any atom is -0.444 e. The Bertz CT molecular complexity index is 1280. The Kier molecular flexibility index (Phi) is 6.73. The fraction of sp³-hybridized carbons (Fsp3) is 0.360. The summed E-state index contributed by atoms with van der Waals surface area (Å²) >= 11 is 0. The molecule has 188 valence electrons. The number of benzene rings is 2. The van der Waals surface area contributed by atoms with Gasteiger partial charge in [0, 0.05) is 17.8 Å². The molecule has 1 aromatic heterocycles. The van der Waals surface area contributed by atoms with Crippen LogP contribution >= 0.6 is 0 Å². The summed E-state index contributed by atoms with van der Waals surface area (Å²) in [6.07, 6.45) is 1.73. The third kappa shape index (κ3) is 4.90. The summed E-state index contributed by atoms with van der Waals surface area (Å²) in [7, 11) is 0. The van der Waals surface area contributed by atoms with Crippen molar-refractivity contribution >= 4 is 24.1 Å². The van der Waals surface area contributed by atoms with Gasteiger partial charge in [0.05, 0.1) is 5.41 Å². The SMILES string of the molecule is CC(C)(C)OC(=O)NCCC1(c2nn[nH]n2)c2ccc(NC=O)cc2CCc2cc(C(N)=O)ccc21. The maximum absolute atomic E-state index is 12.4. The zero-order valence-corrected chi connectivity index (χ0v) is 20.4. The molecule has 1 aliphatic carbocycles. The van der Waals surface area contributed by atoms with Crippen LogP contribution in [0.4, 0.5) is 10.5 Å². The van der Waals surface area contributed by atoms with Crippen LogP contribution in [0, 0.1) is 0 Å². The molecule has 0 radical (unpaired) electrons. The zero-order chi connectivity index (χ0) is 25.9. The van der Waals surface area contributed by atoms with Crippen molar-refractivity contribution in [3.63, 3.8) is 0 Å². The van der Waals surface area contributed by atoms with Crippen LogP contribution in [0.25, 0.3) is 0 Å². The molecule has 11 nitrogen and oxygen atoms in total. The number of rotatable bonds is 7. The maximum Gasteiger partial charge on any atom is 0.407 e. The third-order valence-corrected chi connectivity index (χ3v) is 6.20. The molecule has 5 N–H and O–H groups in total. The minimum atomic E-state index is -0.918. The maximum atomic E-state index is 12.4. The van der Waals surface area contributed by atoms with E-state index in [0.29, 0.717) is 42.7 Å². The smallest absolute Gasteiger partial charge is 0.407 e. The summed E-state index contributed by atoms with van der Waals surface area (Å²) in [4.78, 5) is 35.4. The molecular formula is C25H29N7O4. The van der Waals surface area contributed by atoms with Gasteiger partial charge in [0.25, 0.3) is 0 Å². The Morgan fingerprint density at radius 1 is 1.14 bits per heavy atom. The second kappa shape index (κ2) is 9.76. The monoisotopic (exact) mass is 491 g/mol. The number of hydrogen-bond acceptors (Lipinski definition) is 7. The van der Waals surface area contributed by atoms with E-state index in [9.17, 15) is 14.4 Å². The van der Waals surface area contributed by atoms with Gasteiger partial charge in [0.15, 0.2) is 5.82 Å². The van der Waals surface area contributed by atoms with Crippen LogP contribution in [0.15, 0.2) is 36.4 Å². The number of primary amides is 1. The van der Waals surface area contributed by atoms with E-state index in [0.717, 1.165) is 22.3 Å². The predicted octanol–water partition coefficient (Wildman–Crippen LogP) is 2.21. The lowest BCUT2D eigenvalue weighted by atomic mass is 9.69. The molecule has 3 aromatic rings. The van der Waals surface area contributed by atoms with Crippen molar-refractivity contribution in [3.8, 4) is 0 Å². The average Bonchev–Trinajstić information content (AvgIpc) is 3.31. The number of fused-ring (bicyclic) bond motifs is 2. The molecule has 4 rings (SSSR count). The van der Waals surface area contributed by atoms with Crippen LogP contribution in [0.3, 0.4) is 0 Å². The summed E-state index contributed by atoms with van der Waals surface area (Å²) in [6, 6.07) is 11.0. The van der Waals surface area contributed by atoms with Crippen LogP contribution in [0.5, 0.6) is 0 Å². The second-order valence-electron chi connectivity index (χ2n) is 9.69. The molecule has 0 saturated heterocycles. The first-order valence-electron chi connectivity index (χ1n) is 11.6. The summed E-state index contributed by atoms with van der Waals surface area (Å²) in [5, 5.41) is 20.6. The minimum absolute atomic E-state index is 0.244. The molecular weight excluding hydrogens is 462 g/mol. The highest BCUT2D eigenvalue weighted by molar-refractivity contribution is 5.93. The van der Waals surface area contributed by atoms with Crippen molar-refractivity contribution in [1.29, 1.82) is 0 Å². The lowest BCUT2D eigenvalue weighted by Crippen LogP contribution is -2.39. The predicted molar refractivity (Wildman–Crippen MR) is 131 cm³/mol. The van der Waals surface area contributed by atoms with Crippen molar-refractivity contribution in [2.45, 2.75) is 51.0 Å². The summed E-state index contributed by atoms with van der Waals surface area (Å²) in [5.41, 5.74) is 8.75. The highest BCUT2D eigenvalue weighted by Crippen LogP contribution is 2.46. The number of aryl methyl sites for hydroxylation is 2. The molecule has 11 heteroatoms. The molecule has 0 saturated carbocycles. The van der Waals surface area contributed by atoms with Gasteiger partial charge < -0.3 is 21.1 Å². The number of aromatic nitrogens is 4. The number of ether oxygens (including phenoxy) is 1. The first-order chi connectivity index (χ1) is 17.1. The van der Waals surface area contributed by atoms with Crippen LogP contribution in [-0.2, 0) is 27.8 Å². The fourth-order valence-electron chi connectivity index (χ4n) is 4.79. The van der Waals surface area contributed by atoms with E-state index in [-0.39, 0.29) is 6.54 Å². The third-order valence-electron chi connectivity index (χ3n) is 6.20. The van der Waals surface area contributed by atoms with Gasteiger partial charge in [-0.25, -0.2) is 4.79 Å². The molecule has 3 amide bonds. The van der Waals surface area contributed by atoms with Crippen molar-refractivity contribution in [1.82, 2.24) is 25.9 Å². The van der Waals surface area contributed by atoms with Crippen molar-refractivity contribution in [2.75, 3.05) is 11.9 Å². The van der Waals surface area contributed by atoms with E-state index >= 15 is 0 Å². The number of anilines is 1. The number of aromatic amines is 1. The molecule has 1 atom stereocenters. The van der Waals surface area contributed by atoms with Gasteiger partial charge in [-0.2, -0.15) is 5.21 Å². The molecule has 0 aliphatic heterocycles. The van der Waals surface area contributed by atoms with Crippen LogP contribution in [-0.4, -0.2) is 51.2 Å². The average molecular weight is 492 g/mol. The first-order valence-corrected chi connectivity index (χ1v) is 11.6. The van der Waals surface area contributed by atoms with Crippen LogP contribution < -0.4 is 16.4 Å². The zero-order valence-electron chi connectivity index (χ0n) is 20.4. The Morgan fingerprint density at radius 2 is 1.83 bits per heavy atom. The van der Waals surface area contributed by atoms with Gasteiger partial charge in [0.2, 0.25) is 12.3 Å². The van der Waals surface area contributed by atoms with Gasteiger partial charge in [-0.05, 0) is 86.6 Å². The topological polar surface area (TPSA) is 165 Å². The molecule has 0 fully saturated rings. The number of hydrogen-bond donors (Lipinski definition) is 4. The van der Waals surface area contributed by atoms with Crippen LogP contribution in [0.2, 0.25) is 0 Å². The van der Waals surface area contributed by atoms with Crippen molar-refractivity contribution < 1.29 is 19.1 Å².